The zero-order valence-electron chi connectivity index (χ0n) is 17.2. The summed E-state index contributed by atoms with van der Waals surface area (Å²) >= 11 is 0. The standard InChI is InChI=1S/C23H24N2O6/c1-29-23(28)14-21(26)17-5-8-19(9-6-17)31-16-20-15-25(12-13-30-20)22(27)10-7-18-4-2-3-11-24-18/h2-11,20H,12-16H2,1H3. The first-order valence-electron chi connectivity index (χ1n) is 9.87. The summed E-state index contributed by atoms with van der Waals surface area (Å²) in [5.74, 6) is -0.431. The van der Waals surface area contributed by atoms with Gasteiger partial charge in [-0.25, -0.2) is 0 Å². The molecule has 0 spiro atoms. The molecule has 1 aromatic carbocycles. The van der Waals surface area contributed by atoms with Crippen LogP contribution < -0.4 is 4.74 Å². The van der Waals surface area contributed by atoms with Crippen LogP contribution in [0.4, 0.5) is 0 Å². The van der Waals surface area contributed by atoms with Crippen LogP contribution in [0, 0.1) is 0 Å². The molecule has 1 fully saturated rings. The fraction of sp³-hybridized carbons (Fsp3) is 0.304. The maximum absolute atomic E-state index is 12.4. The van der Waals surface area contributed by atoms with Gasteiger partial charge in [-0.2, -0.15) is 0 Å². The molecule has 8 nitrogen and oxygen atoms in total. The predicted octanol–water partition coefficient (Wildman–Crippen LogP) is 2.15. The van der Waals surface area contributed by atoms with Gasteiger partial charge in [-0.15, -0.1) is 0 Å². The molecule has 0 N–H and O–H groups in total. The Bertz CT molecular complexity index is 927. The Morgan fingerprint density at radius 2 is 2.00 bits per heavy atom. The van der Waals surface area contributed by atoms with E-state index in [9.17, 15) is 14.4 Å². The summed E-state index contributed by atoms with van der Waals surface area (Å²) in [6.07, 6.45) is 4.31. The van der Waals surface area contributed by atoms with Crippen molar-refractivity contribution >= 4 is 23.7 Å². The van der Waals surface area contributed by atoms with Crippen molar-refractivity contribution in [3.05, 3.63) is 66.0 Å². The lowest BCUT2D eigenvalue weighted by molar-refractivity contribution is -0.139. The molecule has 1 saturated heterocycles. The number of morpholine rings is 1. The van der Waals surface area contributed by atoms with E-state index in [1.807, 2.05) is 18.2 Å². The number of nitrogens with zero attached hydrogens (tertiary/aromatic N) is 2. The third-order valence-electron chi connectivity index (χ3n) is 4.68. The van der Waals surface area contributed by atoms with Gasteiger partial charge in [-0.3, -0.25) is 19.4 Å². The normalized spacial score (nSPS) is 16.2. The van der Waals surface area contributed by atoms with Gasteiger partial charge < -0.3 is 19.1 Å². The first-order valence-corrected chi connectivity index (χ1v) is 9.87. The number of hydrogen-bond acceptors (Lipinski definition) is 7. The van der Waals surface area contributed by atoms with E-state index in [-0.39, 0.29) is 30.8 Å². The summed E-state index contributed by atoms with van der Waals surface area (Å²) in [4.78, 5) is 41.5. The van der Waals surface area contributed by atoms with Crippen LogP contribution in [0.25, 0.3) is 6.08 Å². The van der Waals surface area contributed by atoms with Gasteiger partial charge in [0.15, 0.2) is 5.78 Å². The van der Waals surface area contributed by atoms with Gasteiger partial charge in [0.05, 0.1) is 26.0 Å². The number of esters is 1. The summed E-state index contributed by atoms with van der Waals surface area (Å²) in [6, 6.07) is 12.0. The minimum absolute atomic E-state index is 0.104. The second kappa shape index (κ2) is 11.0. The number of carbonyl (C=O) groups is 3. The SMILES string of the molecule is COC(=O)CC(=O)c1ccc(OCC2CN(C(=O)C=Cc3ccccn3)CCO2)cc1. The average Bonchev–Trinajstić information content (AvgIpc) is 2.82. The third-order valence-corrected chi connectivity index (χ3v) is 4.68. The second-order valence-electron chi connectivity index (χ2n) is 6.88. The topological polar surface area (TPSA) is 95.0 Å². The van der Waals surface area contributed by atoms with E-state index < -0.39 is 5.97 Å². The summed E-state index contributed by atoms with van der Waals surface area (Å²) in [5.41, 5.74) is 1.13. The number of ether oxygens (including phenoxy) is 3. The molecule has 31 heavy (non-hydrogen) atoms. The Labute approximate surface area is 180 Å². The van der Waals surface area contributed by atoms with Crippen molar-refractivity contribution in [3.63, 3.8) is 0 Å². The fourth-order valence-corrected chi connectivity index (χ4v) is 2.99. The van der Waals surface area contributed by atoms with E-state index in [0.29, 0.717) is 31.0 Å². The largest absolute Gasteiger partial charge is 0.491 e. The molecule has 8 heteroatoms. The smallest absolute Gasteiger partial charge is 0.313 e. The van der Waals surface area contributed by atoms with Crippen LogP contribution in [0.2, 0.25) is 0 Å². The lowest BCUT2D eigenvalue weighted by atomic mass is 10.1. The maximum Gasteiger partial charge on any atom is 0.313 e. The maximum atomic E-state index is 12.4. The van der Waals surface area contributed by atoms with Crippen molar-refractivity contribution in [2.45, 2.75) is 12.5 Å². The first kappa shape index (κ1) is 22.2. The molecule has 1 aromatic heterocycles. The number of pyridine rings is 1. The highest BCUT2D eigenvalue weighted by molar-refractivity contribution is 6.05. The molecule has 0 radical (unpaired) electrons. The Balaban J connectivity index is 1.48. The van der Waals surface area contributed by atoms with Crippen LogP contribution in [0.15, 0.2) is 54.7 Å². The van der Waals surface area contributed by atoms with Crippen LogP contribution in [0.1, 0.15) is 22.5 Å². The van der Waals surface area contributed by atoms with Gasteiger partial charge in [0, 0.05) is 24.4 Å². The van der Waals surface area contributed by atoms with E-state index in [1.165, 1.54) is 13.2 Å². The molecule has 0 aliphatic carbocycles. The van der Waals surface area contributed by atoms with Crippen LogP contribution in [0.3, 0.4) is 0 Å². The van der Waals surface area contributed by atoms with E-state index >= 15 is 0 Å². The van der Waals surface area contributed by atoms with Gasteiger partial charge >= 0.3 is 5.97 Å². The Kier molecular flexibility index (Phi) is 7.89. The number of benzene rings is 1. The van der Waals surface area contributed by atoms with Crippen LogP contribution in [0.5, 0.6) is 5.75 Å². The average molecular weight is 424 g/mol. The highest BCUT2D eigenvalue weighted by Gasteiger charge is 2.23. The van der Waals surface area contributed by atoms with E-state index in [1.54, 1.807) is 41.4 Å². The first-order chi connectivity index (χ1) is 15.0. The molecule has 2 heterocycles. The van der Waals surface area contributed by atoms with Gasteiger partial charge in [-0.1, -0.05) is 6.07 Å². The Hall–Kier alpha value is -3.52. The molecule has 1 unspecified atom stereocenters. The number of rotatable bonds is 8. The number of amides is 1. The lowest BCUT2D eigenvalue weighted by Gasteiger charge is -2.32. The highest BCUT2D eigenvalue weighted by atomic mass is 16.5. The summed E-state index contributed by atoms with van der Waals surface area (Å²) < 4.78 is 15.9. The molecule has 1 atom stereocenters. The van der Waals surface area contributed by atoms with Gasteiger partial charge in [-0.05, 0) is 42.5 Å². The van der Waals surface area contributed by atoms with Crippen molar-refractivity contribution in [2.24, 2.45) is 0 Å². The number of ketones is 1. The van der Waals surface area contributed by atoms with E-state index in [2.05, 4.69) is 9.72 Å². The van der Waals surface area contributed by atoms with Crippen molar-refractivity contribution in [2.75, 3.05) is 33.4 Å². The fourth-order valence-electron chi connectivity index (χ4n) is 2.99. The van der Waals surface area contributed by atoms with Crippen molar-refractivity contribution in [1.29, 1.82) is 0 Å². The molecule has 1 amide bonds. The number of carbonyl (C=O) groups excluding carboxylic acids is 3. The van der Waals surface area contributed by atoms with Gasteiger partial charge in [0.1, 0.15) is 24.9 Å². The molecule has 1 aliphatic heterocycles. The molecule has 3 rings (SSSR count). The monoisotopic (exact) mass is 424 g/mol. The third kappa shape index (κ3) is 6.75. The lowest BCUT2D eigenvalue weighted by Crippen LogP contribution is -2.47. The van der Waals surface area contributed by atoms with Crippen molar-refractivity contribution in [3.8, 4) is 5.75 Å². The second-order valence-corrected chi connectivity index (χ2v) is 6.88. The summed E-state index contributed by atoms with van der Waals surface area (Å²) in [5, 5.41) is 0. The van der Waals surface area contributed by atoms with E-state index in [4.69, 9.17) is 9.47 Å². The zero-order valence-corrected chi connectivity index (χ0v) is 17.2. The molecular weight excluding hydrogens is 400 g/mol. The summed E-state index contributed by atoms with van der Waals surface area (Å²) in [6.45, 7) is 1.63. The molecule has 0 saturated carbocycles. The Morgan fingerprint density at radius 1 is 1.19 bits per heavy atom. The zero-order chi connectivity index (χ0) is 22.1. The Morgan fingerprint density at radius 3 is 2.71 bits per heavy atom. The number of hydrogen-bond donors (Lipinski definition) is 0. The van der Waals surface area contributed by atoms with Gasteiger partial charge in [0.2, 0.25) is 5.91 Å². The predicted molar refractivity (Wildman–Crippen MR) is 112 cm³/mol. The minimum atomic E-state index is -0.575. The van der Waals surface area contributed by atoms with Crippen LogP contribution in [-0.4, -0.2) is 67.1 Å². The number of methoxy groups -OCH3 is 1. The molecule has 1 aliphatic rings. The summed E-state index contributed by atoms with van der Waals surface area (Å²) in [7, 11) is 1.24. The molecule has 2 aromatic rings. The quantitative estimate of drug-likeness (QED) is 0.277. The molecule has 162 valence electrons. The van der Waals surface area contributed by atoms with Crippen LogP contribution >= 0.6 is 0 Å². The van der Waals surface area contributed by atoms with Crippen LogP contribution in [-0.2, 0) is 19.1 Å². The number of aromatic nitrogens is 1. The van der Waals surface area contributed by atoms with Gasteiger partial charge in [0.25, 0.3) is 0 Å². The van der Waals surface area contributed by atoms with E-state index in [0.717, 1.165) is 5.69 Å². The number of Topliss-reactive ketones (excluding diaryl/α,β-unsaturated/α-hetero) is 1. The molecule has 0 bridgehead atoms. The minimum Gasteiger partial charge on any atom is -0.491 e. The highest BCUT2D eigenvalue weighted by Crippen LogP contribution is 2.15. The van der Waals surface area contributed by atoms with Crippen molar-refractivity contribution < 1.29 is 28.6 Å². The van der Waals surface area contributed by atoms with Crippen molar-refractivity contribution in [1.82, 2.24) is 9.88 Å². The molecular formula is C23H24N2O6.